The smallest absolute Gasteiger partial charge is 0.236 e. The summed E-state index contributed by atoms with van der Waals surface area (Å²) >= 11 is 0. The Balaban J connectivity index is 1.65. The average molecular weight is 625 g/mol. The normalized spacial score (nSPS) is 15.4. The number of allylic oxidation sites excluding steroid dienone is 7. The Kier molecular flexibility index (Phi) is 16.1. The zero-order chi connectivity index (χ0) is 33.0. The van der Waals surface area contributed by atoms with Gasteiger partial charge in [0.2, 0.25) is 5.91 Å². The van der Waals surface area contributed by atoms with Gasteiger partial charge in [0.15, 0.2) is 0 Å². The molecule has 5 N–H and O–H groups in total. The van der Waals surface area contributed by atoms with E-state index in [1.807, 2.05) is 77.3 Å². The van der Waals surface area contributed by atoms with Gasteiger partial charge in [0, 0.05) is 44.0 Å². The Morgan fingerprint density at radius 2 is 1.70 bits per heavy atom. The summed E-state index contributed by atoms with van der Waals surface area (Å²) in [7, 11) is 0. The van der Waals surface area contributed by atoms with Gasteiger partial charge in [-0.15, -0.1) is 0 Å². The van der Waals surface area contributed by atoms with Gasteiger partial charge in [0.05, 0.1) is 25.3 Å². The molecule has 1 heterocycles. The van der Waals surface area contributed by atoms with E-state index in [1.165, 1.54) is 17.5 Å². The summed E-state index contributed by atoms with van der Waals surface area (Å²) in [5.41, 5.74) is 17.1. The molecule has 0 atom stereocenters. The third-order valence-corrected chi connectivity index (χ3v) is 7.64. The highest BCUT2D eigenvalue weighted by atomic mass is 16.2. The molecule has 0 spiro atoms. The van der Waals surface area contributed by atoms with Crippen LogP contribution in [0.3, 0.4) is 0 Å². The van der Waals surface area contributed by atoms with Crippen LogP contribution in [0.25, 0.3) is 0 Å². The number of rotatable bonds is 17. The zero-order valence-corrected chi connectivity index (χ0v) is 27.8. The van der Waals surface area contributed by atoms with Crippen molar-refractivity contribution in [3.63, 3.8) is 0 Å². The number of amides is 1. The molecular weight excluding hydrogens is 572 g/mol. The van der Waals surface area contributed by atoms with Crippen LogP contribution in [-0.2, 0) is 17.9 Å². The van der Waals surface area contributed by atoms with Crippen molar-refractivity contribution < 1.29 is 4.79 Å². The van der Waals surface area contributed by atoms with Gasteiger partial charge in [-0.25, -0.2) is 0 Å². The van der Waals surface area contributed by atoms with E-state index in [9.17, 15) is 4.79 Å². The van der Waals surface area contributed by atoms with Gasteiger partial charge in [0.1, 0.15) is 6.34 Å². The van der Waals surface area contributed by atoms with Crippen molar-refractivity contribution >= 4 is 18.0 Å². The number of nitrogens with one attached hydrogen (secondary N) is 1. The summed E-state index contributed by atoms with van der Waals surface area (Å²) < 4.78 is 0. The molecule has 0 radical (unpaired) electrons. The first-order valence-corrected chi connectivity index (χ1v) is 16.2. The number of nitrogens with zero attached hydrogens (tertiary/aromatic N) is 5. The Morgan fingerprint density at radius 1 is 1.02 bits per heavy atom. The van der Waals surface area contributed by atoms with Gasteiger partial charge >= 0.3 is 0 Å². The van der Waals surface area contributed by atoms with Crippen LogP contribution in [0.4, 0.5) is 0 Å². The number of hydrogen-bond donors (Lipinski definition) is 3. The maximum absolute atomic E-state index is 12.9. The minimum absolute atomic E-state index is 0.133. The second kappa shape index (κ2) is 20.5. The molecule has 9 heteroatoms. The van der Waals surface area contributed by atoms with Crippen LogP contribution in [0.15, 0.2) is 119 Å². The number of carbonyl (C=O) groups is 1. The van der Waals surface area contributed by atoms with Crippen molar-refractivity contribution in [1.29, 1.82) is 0 Å². The van der Waals surface area contributed by atoms with Crippen LogP contribution in [0, 0.1) is 5.92 Å². The van der Waals surface area contributed by atoms with Crippen LogP contribution in [0.2, 0.25) is 0 Å². The average Bonchev–Trinajstić information content (AvgIpc) is 3.06. The van der Waals surface area contributed by atoms with E-state index >= 15 is 0 Å². The molecule has 246 valence electrons. The summed E-state index contributed by atoms with van der Waals surface area (Å²) in [6.45, 7) is 10.2. The quantitative estimate of drug-likeness (QED) is 0.0944. The van der Waals surface area contributed by atoms with Crippen LogP contribution in [-0.4, -0.2) is 65.6 Å². The number of piperidine rings is 1. The maximum Gasteiger partial charge on any atom is 0.236 e. The first-order valence-electron chi connectivity index (χ1n) is 16.2. The molecule has 0 saturated carbocycles. The van der Waals surface area contributed by atoms with Crippen LogP contribution in [0.5, 0.6) is 0 Å². The molecular formula is C37H52N8O. The molecule has 0 bridgehead atoms. The molecule has 0 aliphatic carbocycles. The highest BCUT2D eigenvalue weighted by molar-refractivity contribution is 5.92. The predicted molar refractivity (Wildman–Crippen MR) is 191 cm³/mol. The predicted octanol–water partition coefficient (Wildman–Crippen LogP) is 5.37. The molecule has 0 aromatic heterocycles. The third-order valence-electron chi connectivity index (χ3n) is 7.64. The highest BCUT2D eigenvalue weighted by Gasteiger charge is 2.27. The number of nitrogens with two attached hydrogens (primary N) is 2. The third kappa shape index (κ3) is 12.9. The van der Waals surface area contributed by atoms with Crippen LogP contribution < -0.4 is 16.8 Å². The highest BCUT2D eigenvalue weighted by Crippen LogP contribution is 2.28. The first kappa shape index (κ1) is 36.0. The van der Waals surface area contributed by atoms with E-state index in [4.69, 9.17) is 16.6 Å². The van der Waals surface area contributed by atoms with Gasteiger partial charge < -0.3 is 21.7 Å². The van der Waals surface area contributed by atoms with Gasteiger partial charge in [-0.3, -0.25) is 14.8 Å². The number of benzene rings is 2. The van der Waals surface area contributed by atoms with E-state index < -0.39 is 0 Å². The molecule has 46 heavy (non-hydrogen) atoms. The van der Waals surface area contributed by atoms with Crippen molar-refractivity contribution in [2.24, 2.45) is 27.6 Å². The number of carbonyl (C=O) groups excluding carboxylic acids is 1. The van der Waals surface area contributed by atoms with E-state index in [0.29, 0.717) is 52.2 Å². The monoisotopic (exact) mass is 624 g/mol. The fourth-order valence-corrected chi connectivity index (χ4v) is 5.47. The van der Waals surface area contributed by atoms with Gasteiger partial charge in [0.25, 0.3) is 0 Å². The number of hydrazone groups is 2. The standard InChI is InChI=1S/C37H52N8O/c1-4-13-31(2)28-44(29-34-17-9-6-10-18-34)42-32(3)14-11-12-19-36(45(25-22-38)41-30-39)35-20-23-43(24-21-35)37(46)27-40-26-33-15-7-5-8-16-33/h4-11,13-19,28,30,35,40H,12,20-27,29,38H2,1-3H3,(H2,39,41)/b13-4-,14-11+,31-28+,36-19-,42-32+. The van der Waals surface area contributed by atoms with Crippen molar-refractivity contribution in [3.8, 4) is 0 Å². The lowest BCUT2D eigenvalue weighted by molar-refractivity contribution is -0.131. The van der Waals surface area contributed by atoms with Crippen molar-refractivity contribution in [2.45, 2.75) is 53.1 Å². The SMILES string of the molecule is C/C=C\C(C)=C\N(Cc1ccccc1)/N=C(C)/C=C/C/C=C(/C1CCN(C(=O)CNCc2ccccc2)CC1)N(CCN)/N=C\N. The molecule has 1 fully saturated rings. The second-order valence-electron chi connectivity index (χ2n) is 11.4. The van der Waals surface area contributed by atoms with Gasteiger partial charge in [-0.1, -0.05) is 85.0 Å². The maximum atomic E-state index is 12.9. The summed E-state index contributed by atoms with van der Waals surface area (Å²) in [6, 6.07) is 20.5. The lowest BCUT2D eigenvalue weighted by Crippen LogP contribution is -2.44. The van der Waals surface area contributed by atoms with E-state index in [-0.39, 0.29) is 11.8 Å². The Morgan fingerprint density at radius 3 is 2.33 bits per heavy atom. The largest absolute Gasteiger partial charge is 0.388 e. The van der Waals surface area contributed by atoms with Crippen molar-refractivity contribution in [3.05, 3.63) is 120 Å². The second-order valence-corrected chi connectivity index (χ2v) is 11.4. The van der Waals surface area contributed by atoms with Gasteiger partial charge in [-0.2, -0.15) is 10.2 Å². The molecule has 9 nitrogen and oxygen atoms in total. The molecule has 1 saturated heterocycles. The lowest BCUT2D eigenvalue weighted by Gasteiger charge is -2.36. The Hall–Kier alpha value is -4.47. The molecule has 3 rings (SSSR count). The van der Waals surface area contributed by atoms with Crippen LogP contribution >= 0.6 is 0 Å². The van der Waals surface area contributed by atoms with E-state index in [2.05, 4.69) is 66.0 Å². The first-order chi connectivity index (χ1) is 22.4. The Bertz CT molecular complexity index is 1360. The zero-order valence-electron chi connectivity index (χ0n) is 27.8. The Labute approximate surface area is 275 Å². The minimum atomic E-state index is 0.133. The molecule has 1 aliphatic heterocycles. The van der Waals surface area contributed by atoms with Crippen molar-refractivity contribution in [2.75, 3.05) is 32.7 Å². The molecule has 1 amide bonds. The van der Waals surface area contributed by atoms with E-state index in [1.54, 1.807) is 0 Å². The van der Waals surface area contributed by atoms with Crippen molar-refractivity contribution in [1.82, 2.24) is 20.2 Å². The summed E-state index contributed by atoms with van der Waals surface area (Å²) in [5, 5.41) is 16.5. The molecule has 1 aliphatic rings. The van der Waals surface area contributed by atoms with Crippen LogP contribution in [0.1, 0.15) is 51.2 Å². The fraction of sp³-hybridized carbons (Fsp3) is 0.378. The van der Waals surface area contributed by atoms with Gasteiger partial charge in [-0.05, 0) is 62.8 Å². The fourth-order valence-electron chi connectivity index (χ4n) is 5.47. The molecule has 0 unspecified atom stereocenters. The number of hydrogen-bond acceptors (Lipinski definition) is 7. The molecule has 2 aromatic carbocycles. The summed E-state index contributed by atoms with van der Waals surface area (Å²) in [5.74, 6) is 0.384. The minimum Gasteiger partial charge on any atom is -0.388 e. The number of likely N-dealkylation sites (tertiary alicyclic amines) is 1. The lowest BCUT2D eigenvalue weighted by atomic mass is 9.92. The summed E-state index contributed by atoms with van der Waals surface area (Å²) in [4.78, 5) is 14.9. The topological polar surface area (TPSA) is 116 Å². The molecule has 2 aromatic rings. The summed E-state index contributed by atoms with van der Waals surface area (Å²) in [6.07, 6.45) is 16.3. The van der Waals surface area contributed by atoms with E-state index in [0.717, 1.165) is 29.8 Å².